The lowest BCUT2D eigenvalue weighted by atomic mass is 10.1. The molecule has 0 radical (unpaired) electrons. The van der Waals surface area contributed by atoms with Gasteiger partial charge in [-0.25, -0.2) is 8.42 Å². The number of carbonyl (C=O) groups excluding carboxylic acids is 1. The first-order valence-corrected chi connectivity index (χ1v) is 10.9. The number of benzene rings is 2. The number of carbonyl (C=O) groups is 1. The van der Waals surface area contributed by atoms with Crippen molar-refractivity contribution in [1.82, 2.24) is 4.90 Å². The van der Waals surface area contributed by atoms with Gasteiger partial charge in [0.15, 0.2) is 0 Å². The number of nitrogens with one attached hydrogen (secondary N) is 1. The van der Waals surface area contributed by atoms with Crippen molar-refractivity contribution in [3.8, 4) is 5.75 Å². The van der Waals surface area contributed by atoms with Crippen LogP contribution in [-0.2, 0) is 10.0 Å². The number of hydrogen-bond acceptors (Lipinski definition) is 4. The van der Waals surface area contributed by atoms with E-state index < -0.39 is 10.0 Å². The highest BCUT2D eigenvalue weighted by atomic mass is 79.9. The van der Waals surface area contributed by atoms with Crippen LogP contribution in [0.3, 0.4) is 0 Å². The highest BCUT2D eigenvalue weighted by molar-refractivity contribution is 9.10. The van der Waals surface area contributed by atoms with Gasteiger partial charge in [-0.2, -0.15) is 0 Å². The van der Waals surface area contributed by atoms with Crippen molar-refractivity contribution < 1.29 is 17.9 Å². The monoisotopic (exact) mass is 452 g/mol. The molecule has 27 heavy (non-hydrogen) atoms. The van der Waals surface area contributed by atoms with E-state index in [4.69, 9.17) is 4.74 Å². The summed E-state index contributed by atoms with van der Waals surface area (Å²) in [5.74, 6) is 0.159. The number of likely N-dealkylation sites (tertiary alicyclic amines) is 1. The molecule has 0 unspecified atom stereocenters. The zero-order valence-electron chi connectivity index (χ0n) is 15.2. The second-order valence-electron chi connectivity index (χ2n) is 6.43. The Kier molecular flexibility index (Phi) is 5.76. The summed E-state index contributed by atoms with van der Waals surface area (Å²) in [6.07, 6.45) is 1.91. The lowest BCUT2D eigenvalue weighted by Crippen LogP contribution is -2.28. The van der Waals surface area contributed by atoms with Gasteiger partial charge in [-0.3, -0.25) is 9.52 Å². The van der Waals surface area contributed by atoms with Crippen molar-refractivity contribution in [2.45, 2.75) is 24.7 Å². The Labute approximate surface area is 167 Å². The van der Waals surface area contributed by atoms with E-state index in [0.717, 1.165) is 22.9 Å². The van der Waals surface area contributed by atoms with Crippen LogP contribution < -0.4 is 9.46 Å². The van der Waals surface area contributed by atoms with Gasteiger partial charge in [0.05, 0.1) is 17.6 Å². The van der Waals surface area contributed by atoms with Gasteiger partial charge < -0.3 is 9.64 Å². The number of nitrogens with zero attached hydrogens (tertiary/aromatic N) is 1. The van der Waals surface area contributed by atoms with Gasteiger partial charge in [-0.05, 0) is 61.7 Å². The molecule has 1 aliphatic heterocycles. The number of halogens is 1. The first-order chi connectivity index (χ1) is 12.8. The molecule has 6 nitrogen and oxygen atoms in total. The maximum atomic E-state index is 12.8. The van der Waals surface area contributed by atoms with Crippen LogP contribution in [0, 0.1) is 6.92 Å². The van der Waals surface area contributed by atoms with Crippen LogP contribution in [0.4, 0.5) is 5.69 Å². The molecule has 1 N–H and O–H groups in total. The van der Waals surface area contributed by atoms with Gasteiger partial charge >= 0.3 is 0 Å². The number of anilines is 1. The van der Waals surface area contributed by atoms with E-state index in [0.29, 0.717) is 24.5 Å². The molecule has 1 heterocycles. The minimum Gasteiger partial charge on any atom is -0.496 e. The minimum atomic E-state index is -3.84. The summed E-state index contributed by atoms with van der Waals surface area (Å²) in [6, 6.07) is 9.53. The maximum Gasteiger partial charge on any atom is 0.261 e. The van der Waals surface area contributed by atoms with Crippen LogP contribution in [0.25, 0.3) is 0 Å². The molecule has 2 aromatic carbocycles. The Morgan fingerprint density at radius 2 is 1.85 bits per heavy atom. The molecule has 0 aliphatic carbocycles. The lowest BCUT2D eigenvalue weighted by Gasteiger charge is -2.18. The summed E-state index contributed by atoms with van der Waals surface area (Å²) in [7, 11) is -2.37. The summed E-state index contributed by atoms with van der Waals surface area (Å²) in [5, 5.41) is 0. The standard InChI is InChI=1S/C19H21BrN2O4S/c1-13-11-14(5-7-17(13)20)21-27(24,25)15-6-8-18(26-2)16(12-15)19(23)22-9-3-4-10-22/h5-8,11-12,21H,3-4,9-10H2,1-2H3. The molecular weight excluding hydrogens is 432 g/mol. The Hall–Kier alpha value is -2.06. The molecule has 1 aliphatic rings. The summed E-state index contributed by atoms with van der Waals surface area (Å²) in [5.41, 5.74) is 1.63. The van der Waals surface area contributed by atoms with Gasteiger partial charge in [0.2, 0.25) is 0 Å². The van der Waals surface area contributed by atoms with Crippen LogP contribution in [-0.4, -0.2) is 39.4 Å². The van der Waals surface area contributed by atoms with E-state index in [1.807, 2.05) is 6.92 Å². The van der Waals surface area contributed by atoms with Crippen molar-refractivity contribution in [3.63, 3.8) is 0 Å². The fourth-order valence-corrected chi connectivity index (χ4v) is 4.36. The van der Waals surface area contributed by atoms with E-state index in [-0.39, 0.29) is 16.4 Å². The number of rotatable bonds is 5. The molecule has 144 valence electrons. The quantitative estimate of drug-likeness (QED) is 0.748. The normalized spacial score (nSPS) is 14.3. The third kappa shape index (κ3) is 4.27. The zero-order valence-corrected chi connectivity index (χ0v) is 17.6. The van der Waals surface area contributed by atoms with Crippen LogP contribution in [0.15, 0.2) is 45.8 Å². The minimum absolute atomic E-state index is 0.0198. The fraction of sp³-hybridized carbons (Fsp3) is 0.316. The first-order valence-electron chi connectivity index (χ1n) is 8.58. The van der Waals surface area contributed by atoms with Gasteiger partial charge in [0, 0.05) is 23.2 Å². The number of hydrogen-bond donors (Lipinski definition) is 1. The van der Waals surface area contributed by atoms with Gasteiger partial charge in [0.25, 0.3) is 15.9 Å². The Bertz CT molecular complexity index is 970. The molecule has 2 aromatic rings. The molecule has 0 spiro atoms. The van der Waals surface area contributed by atoms with Crippen LogP contribution in [0.2, 0.25) is 0 Å². The lowest BCUT2D eigenvalue weighted by molar-refractivity contribution is 0.0789. The summed E-state index contributed by atoms with van der Waals surface area (Å²) in [6.45, 7) is 3.23. The third-order valence-electron chi connectivity index (χ3n) is 4.52. The fourth-order valence-electron chi connectivity index (χ4n) is 3.03. The smallest absolute Gasteiger partial charge is 0.261 e. The van der Waals surface area contributed by atoms with E-state index in [1.54, 1.807) is 23.1 Å². The Morgan fingerprint density at radius 3 is 2.48 bits per heavy atom. The highest BCUT2D eigenvalue weighted by Crippen LogP contribution is 2.27. The number of methoxy groups -OCH3 is 1. The van der Waals surface area contributed by atoms with Crippen LogP contribution in [0.1, 0.15) is 28.8 Å². The van der Waals surface area contributed by atoms with Gasteiger partial charge in [-0.15, -0.1) is 0 Å². The number of amides is 1. The Balaban J connectivity index is 1.94. The molecule has 1 fully saturated rings. The van der Waals surface area contributed by atoms with Crippen molar-refractivity contribution in [2.75, 3.05) is 24.9 Å². The molecule has 8 heteroatoms. The van der Waals surface area contributed by atoms with E-state index >= 15 is 0 Å². The second kappa shape index (κ2) is 7.90. The molecule has 0 atom stereocenters. The second-order valence-corrected chi connectivity index (χ2v) is 8.97. The number of ether oxygens (including phenoxy) is 1. The average Bonchev–Trinajstić information content (AvgIpc) is 3.18. The molecule has 0 bridgehead atoms. The van der Waals surface area contributed by atoms with Crippen molar-refractivity contribution in [2.24, 2.45) is 0 Å². The SMILES string of the molecule is COc1ccc(S(=O)(=O)Nc2ccc(Br)c(C)c2)cc1C(=O)N1CCCC1. The van der Waals surface area contributed by atoms with Crippen LogP contribution in [0.5, 0.6) is 5.75 Å². The topological polar surface area (TPSA) is 75.7 Å². The predicted octanol–water partition coefficient (Wildman–Crippen LogP) is 3.80. The predicted molar refractivity (Wildman–Crippen MR) is 108 cm³/mol. The van der Waals surface area contributed by atoms with E-state index in [9.17, 15) is 13.2 Å². The van der Waals surface area contributed by atoms with Gasteiger partial charge in [0.1, 0.15) is 5.75 Å². The van der Waals surface area contributed by atoms with Crippen LogP contribution >= 0.6 is 15.9 Å². The molecule has 1 amide bonds. The molecule has 3 rings (SSSR count). The first kappa shape index (κ1) is 19.7. The highest BCUT2D eigenvalue weighted by Gasteiger charge is 2.25. The summed E-state index contributed by atoms with van der Waals surface area (Å²) in [4.78, 5) is 14.5. The molecular formula is C19H21BrN2O4S. The van der Waals surface area contributed by atoms with Crippen molar-refractivity contribution >= 4 is 37.5 Å². The zero-order chi connectivity index (χ0) is 19.6. The number of aryl methyl sites for hydroxylation is 1. The molecule has 1 saturated heterocycles. The number of sulfonamides is 1. The maximum absolute atomic E-state index is 12.8. The molecule has 0 saturated carbocycles. The van der Waals surface area contributed by atoms with Crippen molar-refractivity contribution in [3.05, 3.63) is 52.0 Å². The Morgan fingerprint density at radius 1 is 1.15 bits per heavy atom. The van der Waals surface area contributed by atoms with Gasteiger partial charge in [-0.1, -0.05) is 15.9 Å². The van der Waals surface area contributed by atoms with E-state index in [1.165, 1.54) is 25.3 Å². The van der Waals surface area contributed by atoms with E-state index in [2.05, 4.69) is 20.7 Å². The summed E-state index contributed by atoms with van der Waals surface area (Å²) < 4.78 is 34.3. The molecule has 0 aromatic heterocycles. The largest absolute Gasteiger partial charge is 0.496 e. The average molecular weight is 453 g/mol. The summed E-state index contributed by atoms with van der Waals surface area (Å²) >= 11 is 3.39. The van der Waals surface area contributed by atoms with Crippen molar-refractivity contribution in [1.29, 1.82) is 0 Å². The third-order valence-corrected chi connectivity index (χ3v) is 6.78.